The molecule has 1 N–H and O–H groups in total. The van der Waals surface area contributed by atoms with Crippen LogP contribution in [-0.4, -0.2) is 50.9 Å². The fourth-order valence-corrected chi connectivity index (χ4v) is 4.19. The van der Waals surface area contributed by atoms with Gasteiger partial charge in [0, 0.05) is 0 Å². The predicted molar refractivity (Wildman–Crippen MR) is 112 cm³/mol. The Kier molecular flexibility index (Phi) is 7.99. The molecular formula is C18H21NO4S3. The highest BCUT2D eigenvalue weighted by atomic mass is 32.2. The molecule has 0 saturated carbocycles. The number of hydrogen-bond donors (Lipinski definition) is 1. The number of ether oxygens (including phenoxy) is 1. The molecule has 1 unspecified atom stereocenters. The lowest BCUT2D eigenvalue weighted by Gasteiger charge is -2.22. The van der Waals surface area contributed by atoms with Gasteiger partial charge >= 0.3 is 5.97 Å². The van der Waals surface area contributed by atoms with Gasteiger partial charge in [-0.05, 0) is 48.6 Å². The van der Waals surface area contributed by atoms with Crippen molar-refractivity contribution in [2.45, 2.75) is 25.8 Å². The lowest BCUT2D eigenvalue weighted by atomic mass is 10.1. The molecule has 2 rings (SSSR count). The lowest BCUT2D eigenvalue weighted by molar-refractivity contribution is -0.145. The van der Waals surface area contributed by atoms with Crippen LogP contribution < -0.4 is 4.74 Å². The average molecular weight is 412 g/mol. The summed E-state index contributed by atoms with van der Waals surface area (Å²) < 4.78 is 5.83. The third kappa shape index (κ3) is 5.25. The van der Waals surface area contributed by atoms with Crippen molar-refractivity contribution in [1.82, 2.24) is 4.90 Å². The van der Waals surface area contributed by atoms with Crippen LogP contribution in [0.3, 0.4) is 0 Å². The molecule has 0 bridgehead atoms. The normalized spacial score (nSPS) is 17.0. The second-order valence-electron chi connectivity index (χ2n) is 5.60. The lowest BCUT2D eigenvalue weighted by Crippen LogP contribution is -2.44. The molecule has 1 heterocycles. The number of benzene rings is 1. The van der Waals surface area contributed by atoms with Crippen LogP contribution in [0.25, 0.3) is 6.08 Å². The van der Waals surface area contributed by atoms with Crippen LogP contribution in [-0.2, 0) is 9.59 Å². The van der Waals surface area contributed by atoms with Crippen LogP contribution in [0.2, 0.25) is 0 Å². The summed E-state index contributed by atoms with van der Waals surface area (Å²) in [5.41, 5.74) is 0.838. The first kappa shape index (κ1) is 20.8. The van der Waals surface area contributed by atoms with E-state index in [2.05, 4.69) is 0 Å². The van der Waals surface area contributed by atoms with Gasteiger partial charge in [0.2, 0.25) is 0 Å². The quantitative estimate of drug-likeness (QED) is 0.488. The molecule has 1 saturated heterocycles. The van der Waals surface area contributed by atoms with Gasteiger partial charge in [0.15, 0.2) is 0 Å². The Balaban J connectivity index is 2.16. The maximum absolute atomic E-state index is 12.7. The molecule has 0 spiro atoms. The van der Waals surface area contributed by atoms with E-state index in [1.54, 1.807) is 17.8 Å². The number of rotatable bonds is 9. The summed E-state index contributed by atoms with van der Waals surface area (Å²) in [7, 11) is 0. The Bertz CT molecular complexity index is 703. The van der Waals surface area contributed by atoms with Gasteiger partial charge in [-0.1, -0.05) is 43.0 Å². The molecule has 1 atom stereocenters. The Morgan fingerprint density at radius 3 is 2.69 bits per heavy atom. The Morgan fingerprint density at radius 1 is 1.42 bits per heavy atom. The standard InChI is InChI=1S/C18H21NO4S3/c1-3-9-23-13-6-4-12(5-7-13)11-15-16(20)19(18(24)26-15)14(17(21)22)8-10-25-2/h4-7,11,14H,3,8-10H2,1-2H3,(H,21,22)/b15-11-. The number of carboxylic acids is 1. The number of amides is 1. The largest absolute Gasteiger partial charge is 0.494 e. The van der Waals surface area contributed by atoms with Crippen LogP contribution in [0.4, 0.5) is 0 Å². The molecule has 1 aliphatic rings. The van der Waals surface area contributed by atoms with Crippen molar-refractivity contribution in [2.75, 3.05) is 18.6 Å². The Labute approximate surface area is 167 Å². The molecule has 140 valence electrons. The minimum atomic E-state index is -1.03. The van der Waals surface area contributed by atoms with Crippen LogP contribution >= 0.6 is 35.7 Å². The Morgan fingerprint density at radius 2 is 2.12 bits per heavy atom. The molecule has 0 radical (unpaired) electrons. The molecule has 8 heteroatoms. The smallest absolute Gasteiger partial charge is 0.326 e. The highest BCUT2D eigenvalue weighted by Crippen LogP contribution is 2.35. The molecular weight excluding hydrogens is 390 g/mol. The van der Waals surface area contributed by atoms with E-state index in [0.29, 0.717) is 23.7 Å². The van der Waals surface area contributed by atoms with Crippen molar-refractivity contribution in [3.8, 4) is 5.75 Å². The first-order chi connectivity index (χ1) is 12.5. The minimum absolute atomic E-state index is 0.289. The highest BCUT2D eigenvalue weighted by molar-refractivity contribution is 8.26. The zero-order chi connectivity index (χ0) is 19.1. The maximum atomic E-state index is 12.7. The molecule has 1 aromatic rings. The average Bonchev–Trinajstić information content (AvgIpc) is 2.89. The van der Waals surface area contributed by atoms with E-state index < -0.39 is 12.0 Å². The molecule has 26 heavy (non-hydrogen) atoms. The van der Waals surface area contributed by atoms with Gasteiger partial charge in [-0.3, -0.25) is 9.69 Å². The van der Waals surface area contributed by atoms with Crippen molar-refractivity contribution < 1.29 is 19.4 Å². The minimum Gasteiger partial charge on any atom is -0.494 e. The summed E-state index contributed by atoms with van der Waals surface area (Å²) in [6.45, 7) is 2.70. The van der Waals surface area contributed by atoms with Crippen molar-refractivity contribution in [2.24, 2.45) is 0 Å². The number of aliphatic carboxylic acids is 1. The molecule has 5 nitrogen and oxygen atoms in total. The summed E-state index contributed by atoms with van der Waals surface area (Å²) >= 11 is 7.94. The number of nitrogens with zero attached hydrogens (tertiary/aromatic N) is 1. The van der Waals surface area contributed by atoms with Crippen LogP contribution in [0.15, 0.2) is 29.2 Å². The number of carbonyl (C=O) groups is 2. The summed E-state index contributed by atoms with van der Waals surface area (Å²) in [5, 5.41) is 9.47. The van der Waals surface area contributed by atoms with Crippen molar-refractivity contribution >= 4 is 58.0 Å². The van der Waals surface area contributed by atoms with Crippen molar-refractivity contribution in [3.05, 3.63) is 34.7 Å². The number of thioether (sulfide) groups is 2. The van der Waals surface area contributed by atoms with Crippen LogP contribution in [0.1, 0.15) is 25.3 Å². The number of carbonyl (C=O) groups excluding carboxylic acids is 1. The van der Waals surface area contributed by atoms with Crippen LogP contribution in [0, 0.1) is 0 Å². The predicted octanol–water partition coefficient (Wildman–Crippen LogP) is 3.88. The number of carboxylic acid groups (broad SMARTS) is 1. The van der Waals surface area contributed by atoms with Gasteiger partial charge in [-0.2, -0.15) is 11.8 Å². The topological polar surface area (TPSA) is 66.8 Å². The highest BCUT2D eigenvalue weighted by Gasteiger charge is 2.40. The second-order valence-corrected chi connectivity index (χ2v) is 8.27. The number of hydrogen-bond acceptors (Lipinski definition) is 6. The fraction of sp³-hybridized carbons (Fsp3) is 0.389. The molecule has 1 fully saturated rings. The van der Waals surface area contributed by atoms with Gasteiger partial charge in [0.05, 0.1) is 11.5 Å². The molecule has 1 aliphatic heterocycles. The van der Waals surface area contributed by atoms with E-state index in [-0.39, 0.29) is 10.2 Å². The van der Waals surface area contributed by atoms with E-state index in [0.717, 1.165) is 29.5 Å². The molecule has 1 aromatic carbocycles. The Hall–Kier alpha value is -1.51. The zero-order valence-electron chi connectivity index (χ0n) is 14.6. The van der Waals surface area contributed by atoms with E-state index in [1.807, 2.05) is 37.4 Å². The van der Waals surface area contributed by atoms with E-state index >= 15 is 0 Å². The van der Waals surface area contributed by atoms with Crippen LogP contribution in [0.5, 0.6) is 5.75 Å². The summed E-state index contributed by atoms with van der Waals surface area (Å²) in [5.74, 6) is 0.0418. The van der Waals surface area contributed by atoms with E-state index in [1.165, 1.54) is 4.90 Å². The molecule has 1 amide bonds. The monoisotopic (exact) mass is 411 g/mol. The van der Waals surface area contributed by atoms with Gasteiger partial charge in [-0.25, -0.2) is 4.79 Å². The first-order valence-electron chi connectivity index (χ1n) is 8.19. The third-order valence-electron chi connectivity index (χ3n) is 3.67. The van der Waals surface area contributed by atoms with Crippen molar-refractivity contribution in [3.63, 3.8) is 0 Å². The molecule has 0 aromatic heterocycles. The van der Waals surface area contributed by atoms with Gasteiger partial charge in [-0.15, -0.1) is 0 Å². The summed E-state index contributed by atoms with van der Waals surface area (Å²) in [6, 6.07) is 6.49. The second kappa shape index (κ2) is 9.99. The SMILES string of the molecule is CCCOc1ccc(/C=C2\SC(=S)N(C(CCSC)C(=O)O)C2=O)cc1. The van der Waals surface area contributed by atoms with Gasteiger partial charge in [0.25, 0.3) is 5.91 Å². The molecule has 0 aliphatic carbocycles. The first-order valence-corrected chi connectivity index (χ1v) is 10.8. The van der Waals surface area contributed by atoms with E-state index in [9.17, 15) is 14.7 Å². The summed E-state index contributed by atoms with van der Waals surface area (Å²) in [6.07, 6.45) is 4.93. The maximum Gasteiger partial charge on any atom is 0.326 e. The fourth-order valence-electron chi connectivity index (χ4n) is 2.37. The third-order valence-corrected chi connectivity index (χ3v) is 5.64. The van der Waals surface area contributed by atoms with E-state index in [4.69, 9.17) is 17.0 Å². The van der Waals surface area contributed by atoms with Gasteiger partial charge in [0.1, 0.15) is 16.1 Å². The summed E-state index contributed by atoms with van der Waals surface area (Å²) in [4.78, 5) is 25.9. The van der Waals surface area contributed by atoms with Crippen molar-refractivity contribution in [1.29, 1.82) is 0 Å². The number of thiocarbonyl (C=S) groups is 1. The van der Waals surface area contributed by atoms with Gasteiger partial charge < -0.3 is 9.84 Å². The zero-order valence-corrected chi connectivity index (χ0v) is 17.1.